The fourth-order valence-electron chi connectivity index (χ4n) is 2.84. The summed E-state index contributed by atoms with van der Waals surface area (Å²) in [7, 11) is 0. The van der Waals surface area contributed by atoms with E-state index in [9.17, 15) is 0 Å². The Kier molecular flexibility index (Phi) is 5.98. The van der Waals surface area contributed by atoms with E-state index >= 15 is 0 Å². The summed E-state index contributed by atoms with van der Waals surface area (Å²) in [6.07, 6.45) is 3.09. The minimum Gasteiger partial charge on any atom is -0.492 e. The van der Waals surface area contributed by atoms with Gasteiger partial charge in [0.25, 0.3) is 0 Å². The number of H-pyrrole nitrogens is 1. The van der Waals surface area contributed by atoms with Crippen molar-refractivity contribution in [2.24, 2.45) is 0 Å². The van der Waals surface area contributed by atoms with Crippen molar-refractivity contribution in [3.05, 3.63) is 62.7 Å². The SMILES string of the molecule is CCOc1c(Br)cc(Br)cc1CNCCc1c[nH]c2ccccc12. The second-order valence-electron chi connectivity index (χ2n) is 5.60. The van der Waals surface area contributed by atoms with Crippen molar-refractivity contribution in [2.45, 2.75) is 19.9 Å². The van der Waals surface area contributed by atoms with Crippen LogP contribution in [0.15, 0.2) is 51.5 Å². The van der Waals surface area contributed by atoms with Crippen LogP contribution in [0.4, 0.5) is 0 Å². The molecule has 3 rings (SSSR count). The van der Waals surface area contributed by atoms with Gasteiger partial charge < -0.3 is 15.0 Å². The molecule has 0 aliphatic rings. The predicted octanol–water partition coefficient (Wildman–Crippen LogP) is 5.42. The Bertz CT molecular complexity index is 829. The summed E-state index contributed by atoms with van der Waals surface area (Å²) in [5.74, 6) is 0.917. The monoisotopic (exact) mass is 450 g/mol. The number of nitrogens with one attached hydrogen (secondary N) is 2. The van der Waals surface area contributed by atoms with Crippen LogP contribution in [-0.2, 0) is 13.0 Å². The van der Waals surface area contributed by atoms with Gasteiger partial charge in [0.05, 0.1) is 11.1 Å². The van der Waals surface area contributed by atoms with E-state index in [-0.39, 0.29) is 0 Å². The van der Waals surface area contributed by atoms with Gasteiger partial charge >= 0.3 is 0 Å². The van der Waals surface area contributed by atoms with Crippen LogP contribution in [0.25, 0.3) is 10.9 Å². The molecule has 126 valence electrons. The number of para-hydroxylation sites is 1. The van der Waals surface area contributed by atoms with Crippen LogP contribution in [0.5, 0.6) is 5.75 Å². The van der Waals surface area contributed by atoms with Gasteiger partial charge in [0.2, 0.25) is 0 Å². The van der Waals surface area contributed by atoms with Crippen LogP contribution >= 0.6 is 31.9 Å². The lowest BCUT2D eigenvalue weighted by Gasteiger charge is -2.13. The van der Waals surface area contributed by atoms with E-state index in [0.29, 0.717) is 6.61 Å². The maximum atomic E-state index is 5.77. The molecule has 0 radical (unpaired) electrons. The van der Waals surface area contributed by atoms with E-state index in [1.807, 2.05) is 13.0 Å². The van der Waals surface area contributed by atoms with E-state index in [1.54, 1.807) is 0 Å². The molecule has 0 fully saturated rings. The molecule has 24 heavy (non-hydrogen) atoms. The van der Waals surface area contributed by atoms with Gasteiger partial charge in [-0.3, -0.25) is 0 Å². The maximum absolute atomic E-state index is 5.77. The Labute approximate surface area is 159 Å². The van der Waals surface area contributed by atoms with E-state index < -0.39 is 0 Å². The molecule has 5 heteroatoms. The lowest BCUT2D eigenvalue weighted by atomic mass is 10.1. The average Bonchev–Trinajstić information content (AvgIpc) is 2.98. The van der Waals surface area contributed by atoms with Crippen LogP contribution in [0, 0.1) is 0 Å². The largest absolute Gasteiger partial charge is 0.492 e. The second kappa shape index (κ2) is 8.19. The van der Waals surface area contributed by atoms with E-state index in [2.05, 4.69) is 78.7 Å². The number of rotatable bonds is 7. The number of fused-ring (bicyclic) bond motifs is 1. The van der Waals surface area contributed by atoms with E-state index in [4.69, 9.17) is 4.74 Å². The van der Waals surface area contributed by atoms with Gasteiger partial charge in [-0.15, -0.1) is 0 Å². The molecule has 0 atom stereocenters. The molecule has 0 saturated heterocycles. The van der Waals surface area contributed by atoms with Crippen molar-refractivity contribution >= 4 is 42.8 Å². The lowest BCUT2D eigenvalue weighted by molar-refractivity contribution is 0.333. The zero-order chi connectivity index (χ0) is 16.9. The smallest absolute Gasteiger partial charge is 0.138 e. The summed E-state index contributed by atoms with van der Waals surface area (Å²) in [6, 6.07) is 12.5. The number of hydrogen-bond donors (Lipinski definition) is 2. The molecule has 3 nitrogen and oxygen atoms in total. The van der Waals surface area contributed by atoms with Crippen molar-refractivity contribution < 1.29 is 4.74 Å². The van der Waals surface area contributed by atoms with Crippen molar-refractivity contribution in [1.29, 1.82) is 0 Å². The highest BCUT2D eigenvalue weighted by atomic mass is 79.9. The Balaban J connectivity index is 1.62. The van der Waals surface area contributed by atoms with Crippen LogP contribution in [-0.4, -0.2) is 18.1 Å². The number of benzene rings is 2. The minimum absolute atomic E-state index is 0.655. The van der Waals surface area contributed by atoms with E-state index in [0.717, 1.165) is 39.8 Å². The molecule has 1 heterocycles. The third-order valence-electron chi connectivity index (χ3n) is 3.94. The molecular weight excluding hydrogens is 432 g/mol. The van der Waals surface area contributed by atoms with Crippen molar-refractivity contribution in [1.82, 2.24) is 10.3 Å². The molecule has 0 unspecified atom stereocenters. The maximum Gasteiger partial charge on any atom is 0.138 e. The fourth-order valence-corrected chi connectivity index (χ4v) is 4.26. The zero-order valence-electron chi connectivity index (χ0n) is 13.5. The summed E-state index contributed by atoms with van der Waals surface area (Å²) in [5, 5.41) is 4.83. The number of ether oxygens (including phenoxy) is 1. The molecule has 2 aromatic carbocycles. The predicted molar refractivity (Wildman–Crippen MR) is 107 cm³/mol. The molecule has 3 aromatic rings. The number of aromatic amines is 1. The molecular formula is C19H20Br2N2O. The molecule has 1 aromatic heterocycles. The minimum atomic E-state index is 0.655. The highest BCUT2D eigenvalue weighted by molar-refractivity contribution is 9.11. The summed E-state index contributed by atoms with van der Waals surface area (Å²) >= 11 is 7.13. The lowest BCUT2D eigenvalue weighted by Crippen LogP contribution is -2.17. The second-order valence-corrected chi connectivity index (χ2v) is 7.37. The van der Waals surface area contributed by atoms with Crippen molar-refractivity contribution in [3.63, 3.8) is 0 Å². The standard InChI is InChI=1S/C19H20Br2N2O/c1-2-24-19-14(9-15(20)10-17(19)21)11-22-8-7-13-12-23-18-6-4-3-5-16(13)18/h3-6,9-10,12,22-23H,2,7-8,11H2,1H3. The molecule has 0 saturated carbocycles. The fraction of sp³-hybridized carbons (Fsp3) is 0.263. The summed E-state index contributed by atoms with van der Waals surface area (Å²) < 4.78 is 7.80. The quantitative estimate of drug-likeness (QED) is 0.470. The first kappa shape index (κ1) is 17.5. The number of halogens is 2. The topological polar surface area (TPSA) is 37.0 Å². The normalized spacial score (nSPS) is 11.1. The van der Waals surface area contributed by atoms with Crippen LogP contribution in [0.3, 0.4) is 0 Å². The van der Waals surface area contributed by atoms with Gasteiger partial charge in [-0.25, -0.2) is 0 Å². The first-order chi connectivity index (χ1) is 11.7. The zero-order valence-corrected chi connectivity index (χ0v) is 16.7. The highest BCUT2D eigenvalue weighted by Gasteiger charge is 2.10. The van der Waals surface area contributed by atoms with Gasteiger partial charge in [0.15, 0.2) is 0 Å². The van der Waals surface area contributed by atoms with Gasteiger partial charge in [-0.2, -0.15) is 0 Å². The van der Waals surface area contributed by atoms with Gasteiger partial charge in [-0.1, -0.05) is 34.1 Å². The summed E-state index contributed by atoms with van der Waals surface area (Å²) in [5.41, 5.74) is 3.69. The van der Waals surface area contributed by atoms with Gasteiger partial charge in [0, 0.05) is 33.7 Å². The Morgan fingerprint density at radius 1 is 1.12 bits per heavy atom. The van der Waals surface area contributed by atoms with Crippen molar-refractivity contribution in [3.8, 4) is 5.75 Å². The Morgan fingerprint density at radius 3 is 2.79 bits per heavy atom. The van der Waals surface area contributed by atoms with E-state index in [1.165, 1.54) is 16.5 Å². The number of aromatic nitrogens is 1. The molecule has 0 aliphatic carbocycles. The van der Waals surface area contributed by atoms with Crippen LogP contribution in [0.2, 0.25) is 0 Å². The Morgan fingerprint density at radius 2 is 1.96 bits per heavy atom. The molecule has 0 aliphatic heterocycles. The first-order valence-electron chi connectivity index (χ1n) is 8.05. The van der Waals surface area contributed by atoms with Gasteiger partial charge in [0.1, 0.15) is 5.75 Å². The summed E-state index contributed by atoms with van der Waals surface area (Å²) in [4.78, 5) is 3.33. The van der Waals surface area contributed by atoms with Gasteiger partial charge in [-0.05, 0) is 59.6 Å². The molecule has 0 spiro atoms. The summed E-state index contributed by atoms with van der Waals surface area (Å²) in [6.45, 7) is 4.35. The molecule has 0 bridgehead atoms. The molecule has 0 amide bonds. The number of hydrogen-bond acceptors (Lipinski definition) is 2. The van der Waals surface area contributed by atoms with Crippen LogP contribution in [0.1, 0.15) is 18.1 Å². The van der Waals surface area contributed by atoms with Crippen molar-refractivity contribution in [2.75, 3.05) is 13.2 Å². The third kappa shape index (κ3) is 4.02. The molecule has 2 N–H and O–H groups in total. The third-order valence-corrected chi connectivity index (χ3v) is 4.98. The average molecular weight is 452 g/mol. The highest BCUT2D eigenvalue weighted by Crippen LogP contribution is 2.33. The Hall–Kier alpha value is -1.30. The van der Waals surface area contributed by atoms with Crippen LogP contribution < -0.4 is 10.1 Å². The first-order valence-corrected chi connectivity index (χ1v) is 9.64.